The summed E-state index contributed by atoms with van der Waals surface area (Å²) >= 11 is 0. The van der Waals surface area contributed by atoms with Crippen molar-refractivity contribution in [2.45, 2.75) is 27.3 Å². The lowest BCUT2D eigenvalue weighted by Gasteiger charge is -2.11. The fourth-order valence-electron chi connectivity index (χ4n) is 2.59. The third-order valence-corrected chi connectivity index (χ3v) is 3.98. The van der Waals surface area contributed by atoms with Crippen LogP contribution in [0.5, 0.6) is 0 Å². The van der Waals surface area contributed by atoms with E-state index in [0.29, 0.717) is 0 Å². The number of nitrogens with one attached hydrogen (secondary N) is 1. The fourth-order valence-corrected chi connectivity index (χ4v) is 2.59. The maximum absolute atomic E-state index is 4.81. The summed E-state index contributed by atoms with van der Waals surface area (Å²) in [5.74, 6) is 0.909. The van der Waals surface area contributed by atoms with Gasteiger partial charge in [-0.05, 0) is 44.8 Å². The summed E-state index contributed by atoms with van der Waals surface area (Å²) in [5.41, 5.74) is 4.44. The van der Waals surface area contributed by atoms with E-state index in [0.717, 1.165) is 34.8 Å². The largest absolute Gasteiger partial charge is 0.314 e. The quantitative estimate of drug-likeness (QED) is 0.802. The van der Waals surface area contributed by atoms with Crippen molar-refractivity contribution in [1.82, 2.24) is 20.1 Å². The van der Waals surface area contributed by atoms with Gasteiger partial charge >= 0.3 is 0 Å². The summed E-state index contributed by atoms with van der Waals surface area (Å²) in [5, 5.41) is 10.2. The zero-order chi connectivity index (χ0) is 15.0. The lowest BCUT2D eigenvalue weighted by Crippen LogP contribution is -2.10. The Balaban J connectivity index is 2.31. The van der Waals surface area contributed by atoms with Crippen molar-refractivity contribution in [3.8, 4) is 5.82 Å². The van der Waals surface area contributed by atoms with Crippen LogP contribution in [0, 0.1) is 20.8 Å². The van der Waals surface area contributed by atoms with Gasteiger partial charge in [0.05, 0.1) is 11.4 Å². The topological polar surface area (TPSA) is 42.7 Å². The molecule has 0 aliphatic carbocycles. The molecule has 0 bridgehead atoms. The summed E-state index contributed by atoms with van der Waals surface area (Å²) in [4.78, 5) is 4.81. The molecule has 108 valence electrons. The SMILES string of the molecule is CNCc1cc2ccccc2c(-n2nc(C)c(C)c2C)n1. The molecular weight excluding hydrogens is 260 g/mol. The molecule has 4 heteroatoms. The van der Waals surface area contributed by atoms with E-state index in [9.17, 15) is 0 Å². The average molecular weight is 280 g/mol. The number of benzene rings is 1. The highest BCUT2D eigenvalue weighted by Crippen LogP contribution is 2.24. The van der Waals surface area contributed by atoms with Crippen molar-refractivity contribution >= 4 is 10.8 Å². The van der Waals surface area contributed by atoms with Crippen LogP contribution in [0.15, 0.2) is 30.3 Å². The lowest BCUT2D eigenvalue weighted by molar-refractivity contribution is 0.764. The van der Waals surface area contributed by atoms with E-state index in [1.807, 2.05) is 24.7 Å². The van der Waals surface area contributed by atoms with Gasteiger partial charge < -0.3 is 5.32 Å². The van der Waals surface area contributed by atoms with Gasteiger partial charge in [-0.25, -0.2) is 9.67 Å². The Bertz CT molecular complexity index is 802. The van der Waals surface area contributed by atoms with Gasteiger partial charge in [0.1, 0.15) is 0 Å². The first-order valence-electron chi connectivity index (χ1n) is 7.18. The van der Waals surface area contributed by atoms with Crippen molar-refractivity contribution in [2.75, 3.05) is 7.05 Å². The molecule has 0 atom stereocenters. The first kappa shape index (κ1) is 13.8. The molecule has 3 aromatic rings. The molecule has 3 rings (SSSR count). The molecule has 0 fully saturated rings. The number of rotatable bonds is 3. The van der Waals surface area contributed by atoms with Crippen LogP contribution < -0.4 is 5.32 Å². The molecule has 4 nitrogen and oxygen atoms in total. The summed E-state index contributed by atoms with van der Waals surface area (Å²) < 4.78 is 1.96. The maximum atomic E-state index is 4.81. The van der Waals surface area contributed by atoms with Gasteiger partial charge in [0.15, 0.2) is 5.82 Å². The van der Waals surface area contributed by atoms with Gasteiger partial charge in [-0.15, -0.1) is 0 Å². The zero-order valence-electron chi connectivity index (χ0n) is 12.9. The van der Waals surface area contributed by atoms with Crippen LogP contribution >= 0.6 is 0 Å². The molecule has 21 heavy (non-hydrogen) atoms. The van der Waals surface area contributed by atoms with Gasteiger partial charge in [-0.2, -0.15) is 5.10 Å². The molecule has 0 unspecified atom stereocenters. The number of nitrogens with zero attached hydrogens (tertiary/aromatic N) is 3. The van der Waals surface area contributed by atoms with Crippen molar-refractivity contribution in [3.63, 3.8) is 0 Å². The second kappa shape index (κ2) is 5.30. The molecule has 0 saturated carbocycles. The van der Waals surface area contributed by atoms with Gasteiger partial charge in [0.2, 0.25) is 0 Å². The molecular formula is C17H20N4. The van der Waals surface area contributed by atoms with E-state index in [1.54, 1.807) is 0 Å². The first-order chi connectivity index (χ1) is 10.1. The Labute approximate surface area is 124 Å². The Morgan fingerprint density at radius 2 is 1.90 bits per heavy atom. The maximum Gasteiger partial charge on any atom is 0.161 e. The average Bonchev–Trinajstić information content (AvgIpc) is 2.74. The molecule has 0 radical (unpaired) electrons. The van der Waals surface area contributed by atoms with Crippen molar-refractivity contribution in [1.29, 1.82) is 0 Å². The van der Waals surface area contributed by atoms with Gasteiger partial charge in [-0.1, -0.05) is 24.3 Å². The molecule has 0 amide bonds. The van der Waals surface area contributed by atoms with Crippen molar-refractivity contribution < 1.29 is 0 Å². The smallest absolute Gasteiger partial charge is 0.161 e. The van der Waals surface area contributed by atoms with Crippen LogP contribution in [0.3, 0.4) is 0 Å². The number of hydrogen-bond donors (Lipinski definition) is 1. The third kappa shape index (κ3) is 2.32. The summed E-state index contributed by atoms with van der Waals surface area (Å²) in [6.45, 7) is 6.99. The minimum atomic E-state index is 0.746. The predicted molar refractivity (Wildman–Crippen MR) is 85.8 cm³/mol. The van der Waals surface area contributed by atoms with Gasteiger partial charge in [-0.3, -0.25) is 0 Å². The number of pyridine rings is 1. The number of aromatic nitrogens is 3. The monoisotopic (exact) mass is 280 g/mol. The molecule has 0 aliphatic rings. The summed E-state index contributed by atoms with van der Waals surface area (Å²) in [6.07, 6.45) is 0. The van der Waals surface area contributed by atoms with Crippen molar-refractivity contribution in [2.24, 2.45) is 0 Å². The second-order valence-electron chi connectivity index (χ2n) is 5.40. The fraction of sp³-hybridized carbons (Fsp3) is 0.294. The van der Waals surface area contributed by atoms with E-state index in [4.69, 9.17) is 4.98 Å². The highest BCUT2D eigenvalue weighted by Gasteiger charge is 2.13. The highest BCUT2D eigenvalue weighted by atomic mass is 15.3. The van der Waals surface area contributed by atoms with Crippen LogP contribution in [0.1, 0.15) is 22.6 Å². The molecule has 1 aromatic carbocycles. The Morgan fingerprint density at radius 3 is 2.57 bits per heavy atom. The molecule has 2 heterocycles. The minimum Gasteiger partial charge on any atom is -0.314 e. The van der Waals surface area contributed by atoms with E-state index >= 15 is 0 Å². The predicted octanol–water partition coefficient (Wildman–Crippen LogP) is 3.07. The molecule has 0 spiro atoms. The van der Waals surface area contributed by atoms with Crippen LogP contribution in [0.4, 0.5) is 0 Å². The summed E-state index contributed by atoms with van der Waals surface area (Å²) in [6, 6.07) is 10.5. The van der Waals surface area contributed by atoms with Gasteiger partial charge in [0.25, 0.3) is 0 Å². The lowest BCUT2D eigenvalue weighted by atomic mass is 10.1. The number of aryl methyl sites for hydroxylation is 1. The van der Waals surface area contributed by atoms with Gasteiger partial charge in [0, 0.05) is 17.6 Å². The molecule has 0 saturated heterocycles. The normalized spacial score (nSPS) is 11.2. The highest BCUT2D eigenvalue weighted by molar-refractivity contribution is 5.88. The number of hydrogen-bond acceptors (Lipinski definition) is 3. The van der Waals surface area contributed by atoms with Crippen LogP contribution in [-0.4, -0.2) is 21.8 Å². The van der Waals surface area contributed by atoms with Crippen molar-refractivity contribution in [3.05, 3.63) is 53.0 Å². The Morgan fingerprint density at radius 1 is 1.14 bits per heavy atom. The molecule has 2 aromatic heterocycles. The standard InChI is InChI=1S/C17H20N4/c1-11-12(2)20-21(13(11)3)17-16-8-6-5-7-14(16)9-15(19-17)10-18-4/h5-9,18H,10H2,1-4H3. The third-order valence-electron chi connectivity index (χ3n) is 3.98. The van der Waals surface area contributed by atoms with Crippen LogP contribution in [0.25, 0.3) is 16.6 Å². The van der Waals surface area contributed by atoms with E-state index < -0.39 is 0 Å². The molecule has 0 aliphatic heterocycles. The Hall–Kier alpha value is -2.20. The van der Waals surface area contributed by atoms with E-state index in [1.165, 1.54) is 10.9 Å². The van der Waals surface area contributed by atoms with Crippen LogP contribution in [0.2, 0.25) is 0 Å². The Kier molecular flexibility index (Phi) is 3.47. The van der Waals surface area contributed by atoms with E-state index in [-0.39, 0.29) is 0 Å². The zero-order valence-corrected chi connectivity index (χ0v) is 12.9. The second-order valence-corrected chi connectivity index (χ2v) is 5.40. The molecule has 1 N–H and O–H groups in total. The number of fused-ring (bicyclic) bond motifs is 1. The minimum absolute atomic E-state index is 0.746. The summed E-state index contributed by atoms with van der Waals surface area (Å²) in [7, 11) is 1.93. The van der Waals surface area contributed by atoms with Crippen LogP contribution in [-0.2, 0) is 6.54 Å². The van der Waals surface area contributed by atoms with E-state index in [2.05, 4.69) is 48.5 Å². The first-order valence-corrected chi connectivity index (χ1v) is 7.18.